The van der Waals surface area contributed by atoms with Gasteiger partial charge in [-0.2, -0.15) is 0 Å². The minimum atomic E-state index is 0.297. The molecule has 2 aromatic heterocycles. The van der Waals surface area contributed by atoms with Gasteiger partial charge in [0.1, 0.15) is 5.82 Å². The number of aliphatic hydroxyl groups excluding tert-OH is 1. The summed E-state index contributed by atoms with van der Waals surface area (Å²) in [4.78, 5) is 10.6. The maximum absolute atomic E-state index is 9.15. The first kappa shape index (κ1) is 16.9. The topological polar surface area (TPSA) is 64.2 Å². The Balaban J connectivity index is 1.53. The van der Waals surface area contributed by atoms with E-state index < -0.39 is 0 Å². The van der Waals surface area contributed by atoms with Crippen molar-refractivity contribution in [3.05, 3.63) is 54.2 Å². The van der Waals surface area contributed by atoms with E-state index in [4.69, 9.17) is 10.1 Å². The molecule has 0 aliphatic carbocycles. The molecule has 0 saturated carbocycles. The normalized spacial score (nSPS) is 15.5. The standard InChI is InChI=1S/C21H26N4O/c26-13-9-16-7-11-25(12-8-16)19-14-18-6-10-22-20(18)21(24-19)23-15-17-4-2-1-3-5-17/h1-6,10,14,16,22,26H,7-9,11-13,15H2,(H,23,24). The van der Waals surface area contributed by atoms with E-state index >= 15 is 0 Å². The molecule has 0 bridgehead atoms. The van der Waals surface area contributed by atoms with Gasteiger partial charge in [0.15, 0.2) is 5.82 Å². The van der Waals surface area contributed by atoms with Crippen molar-refractivity contribution >= 4 is 22.5 Å². The number of pyridine rings is 1. The van der Waals surface area contributed by atoms with Crippen LogP contribution in [0.4, 0.5) is 11.6 Å². The zero-order valence-electron chi connectivity index (χ0n) is 15.0. The summed E-state index contributed by atoms with van der Waals surface area (Å²) in [6, 6.07) is 14.7. The van der Waals surface area contributed by atoms with Crippen molar-refractivity contribution in [2.24, 2.45) is 5.92 Å². The highest BCUT2D eigenvalue weighted by Gasteiger charge is 2.21. The Labute approximate surface area is 154 Å². The number of fused-ring (bicyclic) bond motifs is 1. The number of nitrogens with one attached hydrogen (secondary N) is 2. The molecule has 0 spiro atoms. The Morgan fingerprint density at radius 1 is 1.15 bits per heavy atom. The van der Waals surface area contributed by atoms with Crippen molar-refractivity contribution in [2.75, 3.05) is 29.9 Å². The third kappa shape index (κ3) is 3.68. The van der Waals surface area contributed by atoms with Crippen LogP contribution in [0, 0.1) is 5.92 Å². The minimum Gasteiger partial charge on any atom is -0.396 e. The maximum Gasteiger partial charge on any atom is 0.153 e. The second kappa shape index (κ2) is 7.79. The molecule has 0 radical (unpaired) electrons. The van der Waals surface area contributed by atoms with Gasteiger partial charge in [-0.3, -0.25) is 0 Å². The molecule has 3 heterocycles. The molecule has 5 nitrogen and oxygen atoms in total. The van der Waals surface area contributed by atoms with Crippen LogP contribution in [-0.4, -0.2) is 34.8 Å². The van der Waals surface area contributed by atoms with Crippen LogP contribution in [0.5, 0.6) is 0 Å². The Kier molecular flexibility index (Phi) is 5.07. The summed E-state index contributed by atoms with van der Waals surface area (Å²) in [6.45, 7) is 3.06. The predicted octanol–water partition coefficient (Wildman–Crippen LogP) is 3.77. The third-order valence-electron chi connectivity index (χ3n) is 5.31. The Morgan fingerprint density at radius 3 is 2.73 bits per heavy atom. The highest BCUT2D eigenvalue weighted by atomic mass is 16.3. The molecule has 1 aliphatic rings. The zero-order valence-corrected chi connectivity index (χ0v) is 15.0. The van der Waals surface area contributed by atoms with E-state index in [0.717, 1.165) is 56.0 Å². The average Bonchev–Trinajstić information content (AvgIpc) is 3.16. The molecule has 3 N–H and O–H groups in total. The zero-order chi connectivity index (χ0) is 17.8. The lowest BCUT2D eigenvalue weighted by atomic mass is 9.94. The van der Waals surface area contributed by atoms with E-state index in [9.17, 15) is 0 Å². The van der Waals surface area contributed by atoms with Gasteiger partial charge in [0.05, 0.1) is 5.52 Å². The number of benzene rings is 1. The lowest BCUT2D eigenvalue weighted by Gasteiger charge is -2.33. The molecular weight excluding hydrogens is 324 g/mol. The molecule has 1 saturated heterocycles. The molecule has 5 heteroatoms. The van der Waals surface area contributed by atoms with Crippen LogP contribution >= 0.6 is 0 Å². The quantitative estimate of drug-likeness (QED) is 0.633. The molecule has 0 amide bonds. The van der Waals surface area contributed by atoms with Crippen LogP contribution in [-0.2, 0) is 6.54 Å². The second-order valence-electron chi connectivity index (χ2n) is 7.05. The number of nitrogens with zero attached hydrogens (tertiary/aromatic N) is 2. The number of aromatic nitrogens is 2. The van der Waals surface area contributed by atoms with Crippen molar-refractivity contribution in [3.63, 3.8) is 0 Å². The molecule has 1 aliphatic heterocycles. The van der Waals surface area contributed by atoms with Gasteiger partial charge in [-0.05, 0) is 42.9 Å². The Bertz CT molecular complexity index is 838. The van der Waals surface area contributed by atoms with Crippen molar-refractivity contribution < 1.29 is 5.11 Å². The van der Waals surface area contributed by atoms with E-state index in [1.807, 2.05) is 12.3 Å². The van der Waals surface area contributed by atoms with Crippen LogP contribution in [0.15, 0.2) is 48.7 Å². The molecular formula is C21H26N4O. The molecule has 26 heavy (non-hydrogen) atoms. The van der Waals surface area contributed by atoms with Gasteiger partial charge in [0, 0.05) is 37.8 Å². The van der Waals surface area contributed by atoms with Crippen LogP contribution in [0.3, 0.4) is 0 Å². The summed E-state index contributed by atoms with van der Waals surface area (Å²) < 4.78 is 0. The number of hydrogen-bond donors (Lipinski definition) is 3. The van der Waals surface area contributed by atoms with Gasteiger partial charge in [0.25, 0.3) is 0 Å². The minimum absolute atomic E-state index is 0.297. The summed E-state index contributed by atoms with van der Waals surface area (Å²) in [5.74, 6) is 2.59. The van der Waals surface area contributed by atoms with Gasteiger partial charge in [-0.15, -0.1) is 0 Å². The van der Waals surface area contributed by atoms with Crippen molar-refractivity contribution in [3.8, 4) is 0 Å². The highest BCUT2D eigenvalue weighted by molar-refractivity contribution is 5.91. The van der Waals surface area contributed by atoms with Gasteiger partial charge in [-0.25, -0.2) is 4.98 Å². The lowest BCUT2D eigenvalue weighted by molar-refractivity contribution is 0.240. The summed E-state index contributed by atoms with van der Waals surface area (Å²) in [6.07, 6.45) is 5.14. The number of rotatable bonds is 6. The lowest BCUT2D eigenvalue weighted by Crippen LogP contribution is -2.34. The second-order valence-corrected chi connectivity index (χ2v) is 7.05. The van der Waals surface area contributed by atoms with Gasteiger partial charge >= 0.3 is 0 Å². The fraction of sp³-hybridized carbons (Fsp3) is 0.381. The number of hydrogen-bond acceptors (Lipinski definition) is 4. The van der Waals surface area contributed by atoms with E-state index in [-0.39, 0.29) is 0 Å². The monoisotopic (exact) mass is 350 g/mol. The number of aromatic amines is 1. The van der Waals surface area contributed by atoms with Gasteiger partial charge < -0.3 is 20.3 Å². The van der Waals surface area contributed by atoms with Crippen LogP contribution in [0.25, 0.3) is 10.9 Å². The summed E-state index contributed by atoms with van der Waals surface area (Å²) in [7, 11) is 0. The Morgan fingerprint density at radius 2 is 1.96 bits per heavy atom. The third-order valence-corrected chi connectivity index (χ3v) is 5.31. The number of H-pyrrole nitrogens is 1. The fourth-order valence-electron chi connectivity index (χ4n) is 3.75. The van der Waals surface area contributed by atoms with Gasteiger partial charge in [0.2, 0.25) is 0 Å². The molecule has 3 aromatic rings. The van der Waals surface area contributed by atoms with E-state index in [1.54, 1.807) is 0 Å². The Hall–Kier alpha value is -2.53. The van der Waals surface area contributed by atoms with E-state index in [0.29, 0.717) is 12.5 Å². The molecule has 0 atom stereocenters. The average molecular weight is 350 g/mol. The van der Waals surface area contributed by atoms with Crippen LogP contribution in [0.1, 0.15) is 24.8 Å². The summed E-state index contributed by atoms with van der Waals surface area (Å²) in [5.41, 5.74) is 2.30. The van der Waals surface area contributed by atoms with E-state index in [1.165, 1.54) is 10.9 Å². The largest absolute Gasteiger partial charge is 0.396 e. The number of anilines is 2. The molecule has 1 aromatic carbocycles. The maximum atomic E-state index is 9.15. The van der Waals surface area contributed by atoms with Crippen molar-refractivity contribution in [2.45, 2.75) is 25.8 Å². The smallest absolute Gasteiger partial charge is 0.153 e. The molecule has 4 rings (SSSR count). The van der Waals surface area contributed by atoms with Gasteiger partial charge in [-0.1, -0.05) is 30.3 Å². The van der Waals surface area contributed by atoms with Crippen molar-refractivity contribution in [1.29, 1.82) is 0 Å². The number of aliphatic hydroxyl groups is 1. The highest BCUT2D eigenvalue weighted by Crippen LogP contribution is 2.29. The predicted molar refractivity (Wildman–Crippen MR) is 107 cm³/mol. The van der Waals surface area contributed by atoms with Crippen molar-refractivity contribution in [1.82, 2.24) is 9.97 Å². The first-order chi connectivity index (χ1) is 12.8. The van der Waals surface area contributed by atoms with Crippen LogP contribution < -0.4 is 10.2 Å². The first-order valence-electron chi connectivity index (χ1n) is 9.45. The SMILES string of the molecule is OCCC1CCN(c2cc3cc[nH]c3c(NCc3ccccc3)n2)CC1. The molecule has 1 fully saturated rings. The van der Waals surface area contributed by atoms with E-state index in [2.05, 4.69) is 51.6 Å². The number of piperidine rings is 1. The molecule has 0 unspecified atom stereocenters. The summed E-state index contributed by atoms with van der Waals surface area (Å²) >= 11 is 0. The molecule has 136 valence electrons. The first-order valence-corrected chi connectivity index (χ1v) is 9.45. The summed E-state index contributed by atoms with van der Waals surface area (Å²) in [5, 5.41) is 13.8. The fourth-order valence-corrected chi connectivity index (χ4v) is 3.75. The van der Waals surface area contributed by atoms with Crippen LogP contribution in [0.2, 0.25) is 0 Å².